The molecule has 2 rings (SSSR count). The van der Waals surface area contributed by atoms with Crippen molar-refractivity contribution in [2.24, 2.45) is 0 Å². The van der Waals surface area contributed by atoms with Gasteiger partial charge < -0.3 is 21.9 Å². The first-order chi connectivity index (χ1) is 9.70. The highest BCUT2D eigenvalue weighted by Gasteiger charge is 2.05. The summed E-state index contributed by atoms with van der Waals surface area (Å²) in [7, 11) is 1.66. The maximum atomic E-state index is 5.71. The van der Waals surface area contributed by atoms with Gasteiger partial charge in [0.1, 0.15) is 11.5 Å². The number of unbranched alkanes of at least 4 members (excludes halogenated alkanes) is 1. The zero-order chi connectivity index (χ0) is 14.4. The van der Waals surface area contributed by atoms with Gasteiger partial charge in [-0.25, -0.2) is 0 Å². The first-order valence-corrected chi connectivity index (χ1v) is 6.98. The Morgan fingerprint density at radius 3 is 2.29 bits per heavy atom. The molecule has 4 nitrogen and oxygen atoms in total. The van der Waals surface area contributed by atoms with Gasteiger partial charge in [-0.1, -0.05) is 0 Å². The molecule has 1 aromatic heterocycles. The number of methoxy groups -OCH3 is 1. The number of aryl methyl sites for hydroxylation is 2. The number of nitrogens with one attached hydrogen (secondary N) is 1. The highest BCUT2D eigenvalue weighted by Crippen LogP contribution is 2.17. The van der Waals surface area contributed by atoms with Crippen LogP contribution in [0.25, 0.3) is 0 Å². The molecule has 0 aliphatic heterocycles. The van der Waals surface area contributed by atoms with Crippen molar-refractivity contribution in [1.29, 1.82) is 0 Å². The van der Waals surface area contributed by atoms with Crippen molar-refractivity contribution >= 4 is 0 Å². The molecule has 1 heterocycles. The third kappa shape index (κ3) is 4.97. The average Bonchev–Trinajstić information content (AvgIpc) is 2.79. The molecule has 0 spiro atoms. The molecule has 21 heavy (non-hydrogen) atoms. The van der Waals surface area contributed by atoms with Crippen LogP contribution in [0.2, 0.25) is 0 Å². The second-order valence-corrected chi connectivity index (χ2v) is 4.89. The topological polar surface area (TPSA) is 47.1 Å². The van der Waals surface area contributed by atoms with E-state index in [-0.39, 0.29) is 12.4 Å². The van der Waals surface area contributed by atoms with E-state index in [0.29, 0.717) is 0 Å². The van der Waals surface area contributed by atoms with Crippen molar-refractivity contribution in [2.75, 3.05) is 13.7 Å². The summed E-state index contributed by atoms with van der Waals surface area (Å²) in [6, 6.07) is 7.69. The maximum absolute atomic E-state index is 5.71. The van der Waals surface area contributed by atoms with Gasteiger partial charge in [0.15, 0.2) is 0 Å². The van der Waals surface area contributed by atoms with Gasteiger partial charge in [0.25, 0.3) is 0 Å². The van der Waals surface area contributed by atoms with Crippen molar-refractivity contribution in [3.05, 3.63) is 41.2 Å². The molecule has 1 N–H and O–H groups in total. The summed E-state index contributed by atoms with van der Waals surface area (Å²) in [6.07, 6.45) is 3.20. The summed E-state index contributed by atoms with van der Waals surface area (Å²) in [5.74, 6) is 1.74. The number of nitrogens with zero attached hydrogens (tertiary/aromatic N) is 1. The molecule has 0 fully saturated rings. The van der Waals surface area contributed by atoms with Crippen LogP contribution in [0.3, 0.4) is 0 Å². The molecule has 0 saturated heterocycles. The molecule has 0 amide bonds. The fourth-order valence-corrected chi connectivity index (χ4v) is 2.21. The largest absolute Gasteiger partial charge is 1.00 e. The van der Waals surface area contributed by atoms with Crippen molar-refractivity contribution in [3.8, 4) is 11.5 Å². The van der Waals surface area contributed by atoms with Gasteiger partial charge in [0, 0.05) is 5.69 Å². The second kappa shape index (κ2) is 8.57. The minimum absolute atomic E-state index is 0. The molecule has 116 valence electrons. The summed E-state index contributed by atoms with van der Waals surface area (Å²) in [4.78, 5) is 0. The normalized spacial score (nSPS) is 10.0. The predicted molar refractivity (Wildman–Crippen MR) is 79.5 cm³/mol. The highest BCUT2D eigenvalue weighted by atomic mass is 35.5. The van der Waals surface area contributed by atoms with E-state index in [0.717, 1.165) is 43.1 Å². The smallest absolute Gasteiger partial charge is 0.119 e. The van der Waals surface area contributed by atoms with Crippen LogP contribution in [-0.4, -0.2) is 23.9 Å². The van der Waals surface area contributed by atoms with Crippen molar-refractivity contribution in [3.63, 3.8) is 0 Å². The Bertz CT molecular complexity index is 518. The van der Waals surface area contributed by atoms with E-state index < -0.39 is 0 Å². The molecule has 5 heteroatoms. The fraction of sp³-hybridized carbons (Fsp3) is 0.438. The monoisotopic (exact) mass is 309 g/mol. The Morgan fingerprint density at radius 2 is 1.71 bits per heavy atom. The zero-order valence-electron chi connectivity index (χ0n) is 12.8. The van der Waals surface area contributed by atoms with E-state index in [1.54, 1.807) is 7.11 Å². The third-order valence-corrected chi connectivity index (χ3v) is 3.43. The predicted octanol–water partition coefficient (Wildman–Crippen LogP) is 0.441. The lowest BCUT2D eigenvalue weighted by atomic mass is 10.1. The average molecular weight is 310 g/mol. The van der Waals surface area contributed by atoms with Crippen molar-refractivity contribution < 1.29 is 21.9 Å². The number of aromatic nitrogens is 2. The van der Waals surface area contributed by atoms with E-state index in [2.05, 4.69) is 17.1 Å². The molecule has 0 saturated carbocycles. The molecule has 1 aromatic carbocycles. The third-order valence-electron chi connectivity index (χ3n) is 3.43. The van der Waals surface area contributed by atoms with Gasteiger partial charge in [0.2, 0.25) is 0 Å². The summed E-state index contributed by atoms with van der Waals surface area (Å²) in [5.41, 5.74) is 3.63. The molecule has 0 unspecified atom stereocenters. The number of halogens is 1. The Hall–Kier alpha value is -1.68. The molecule has 0 bridgehead atoms. The van der Waals surface area contributed by atoms with Gasteiger partial charge >= 0.3 is 0 Å². The van der Waals surface area contributed by atoms with Crippen LogP contribution in [0, 0.1) is 13.8 Å². The molecule has 0 atom stereocenters. The molecule has 0 aliphatic rings. The first-order valence-electron chi connectivity index (χ1n) is 6.98. The Kier molecular flexibility index (Phi) is 7.09. The number of rotatable bonds is 7. The summed E-state index contributed by atoms with van der Waals surface area (Å²) in [5, 5.41) is 7.23. The second-order valence-electron chi connectivity index (χ2n) is 4.89. The molecule has 0 radical (unpaired) electrons. The van der Waals surface area contributed by atoms with Crippen LogP contribution >= 0.6 is 0 Å². The zero-order valence-corrected chi connectivity index (χ0v) is 13.5. The van der Waals surface area contributed by atoms with E-state index in [9.17, 15) is 0 Å². The lowest BCUT2D eigenvalue weighted by Crippen LogP contribution is -3.00. The Labute approximate surface area is 132 Å². The minimum Gasteiger partial charge on any atom is -1.00 e. The van der Waals surface area contributed by atoms with Crippen LogP contribution in [0.1, 0.15) is 29.8 Å². The van der Waals surface area contributed by atoms with E-state index in [1.165, 1.54) is 11.3 Å². The number of hydrogen-bond acceptors (Lipinski definition) is 3. The SMILES string of the molecule is COc1ccc(OCCCCc2c(C)n[nH]c2C)cc1.[Cl-]. The Morgan fingerprint density at radius 1 is 1.05 bits per heavy atom. The number of aromatic amines is 1. The number of benzene rings is 1. The van der Waals surface area contributed by atoms with E-state index >= 15 is 0 Å². The van der Waals surface area contributed by atoms with Crippen LogP contribution in [0.5, 0.6) is 11.5 Å². The van der Waals surface area contributed by atoms with Crippen molar-refractivity contribution in [2.45, 2.75) is 33.1 Å². The number of ether oxygens (including phenoxy) is 2. The molecular formula is C16H22ClN2O2-. The van der Waals surface area contributed by atoms with Gasteiger partial charge in [-0.3, -0.25) is 5.10 Å². The van der Waals surface area contributed by atoms with E-state index in [4.69, 9.17) is 9.47 Å². The lowest BCUT2D eigenvalue weighted by molar-refractivity contribution is -0.00000519. The Balaban J connectivity index is 0.00000220. The van der Waals surface area contributed by atoms with Crippen LogP contribution in [0.4, 0.5) is 0 Å². The maximum Gasteiger partial charge on any atom is 0.119 e. The quantitative estimate of drug-likeness (QED) is 0.755. The van der Waals surface area contributed by atoms with Crippen molar-refractivity contribution in [1.82, 2.24) is 10.2 Å². The van der Waals surface area contributed by atoms with Gasteiger partial charge in [-0.05, 0) is 62.9 Å². The summed E-state index contributed by atoms with van der Waals surface area (Å²) < 4.78 is 10.8. The highest BCUT2D eigenvalue weighted by molar-refractivity contribution is 5.31. The number of hydrogen-bond donors (Lipinski definition) is 1. The summed E-state index contributed by atoms with van der Waals surface area (Å²) >= 11 is 0. The van der Waals surface area contributed by atoms with E-state index in [1.807, 2.05) is 31.2 Å². The number of H-pyrrole nitrogens is 1. The summed E-state index contributed by atoms with van der Waals surface area (Å²) in [6.45, 7) is 4.86. The minimum atomic E-state index is 0. The van der Waals surface area contributed by atoms with Gasteiger partial charge in [-0.15, -0.1) is 0 Å². The lowest BCUT2D eigenvalue weighted by Gasteiger charge is -2.07. The molecule has 2 aromatic rings. The first kappa shape index (κ1) is 17.4. The fourth-order valence-electron chi connectivity index (χ4n) is 2.21. The molecule has 0 aliphatic carbocycles. The standard InChI is InChI=1S/C16H22N2O2.ClH/c1-12-16(13(2)18-17-12)6-4-5-11-20-15-9-7-14(19-3)8-10-15;/h7-10H,4-6,11H2,1-3H3,(H,17,18);1H/p-1. The van der Waals surface area contributed by atoms with Gasteiger partial charge in [0.05, 0.1) is 19.4 Å². The van der Waals surface area contributed by atoms with Crippen LogP contribution < -0.4 is 21.9 Å². The molecular weight excluding hydrogens is 288 g/mol. The van der Waals surface area contributed by atoms with Crippen LogP contribution in [0.15, 0.2) is 24.3 Å². The van der Waals surface area contributed by atoms with Gasteiger partial charge in [-0.2, -0.15) is 5.10 Å². The van der Waals surface area contributed by atoms with Crippen LogP contribution in [-0.2, 0) is 6.42 Å².